The van der Waals surface area contributed by atoms with E-state index in [1.807, 2.05) is 47.4 Å². The zero-order valence-corrected chi connectivity index (χ0v) is 17.8. The van der Waals surface area contributed by atoms with E-state index < -0.39 is 11.2 Å². The second kappa shape index (κ2) is 8.22. The van der Waals surface area contributed by atoms with Crippen molar-refractivity contribution in [3.8, 4) is 22.3 Å². The van der Waals surface area contributed by atoms with Crippen LogP contribution in [0.4, 0.5) is 0 Å². The van der Waals surface area contributed by atoms with E-state index in [0.29, 0.717) is 0 Å². The SMILES string of the molecule is C[S+](O)c1cccc(-c2cnn3cc(-c4ccc(CN5CCCC5)cc4)cnc23)c1. The van der Waals surface area contributed by atoms with Crippen LogP contribution in [0, 0.1) is 0 Å². The van der Waals surface area contributed by atoms with Gasteiger partial charge in [0.1, 0.15) is 6.26 Å². The largest absolute Gasteiger partial charge is 0.299 e. The second-order valence-corrected chi connectivity index (χ2v) is 9.28. The van der Waals surface area contributed by atoms with Crippen LogP contribution in [0.2, 0.25) is 0 Å². The van der Waals surface area contributed by atoms with Gasteiger partial charge in [0.15, 0.2) is 21.7 Å². The average molecular weight is 418 g/mol. The van der Waals surface area contributed by atoms with Gasteiger partial charge in [0.25, 0.3) is 0 Å². The highest BCUT2D eigenvalue weighted by molar-refractivity contribution is 7.90. The molecule has 0 bridgehead atoms. The first-order valence-electron chi connectivity index (χ1n) is 10.3. The van der Waals surface area contributed by atoms with E-state index in [-0.39, 0.29) is 0 Å². The maximum atomic E-state index is 9.91. The van der Waals surface area contributed by atoms with Gasteiger partial charge in [-0.1, -0.05) is 36.4 Å². The zero-order chi connectivity index (χ0) is 20.5. The summed E-state index contributed by atoms with van der Waals surface area (Å²) >= 11 is -0.768. The molecule has 1 N–H and O–H groups in total. The van der Waals surface area contributed by atoms with Crippen LogP contribution < -0.4 is 0 Å². The van der Waals surface area contributed by atoms with Gasteiger partial charge in [0, 0.05) is 36.1 Å². The van der Waals surface area contributed by atoms with Crippen LogP contribution in [-0.4, -0.2) is 43.4 Å². The van der Waals surface area contributed by atoms with Crippen LogP contribution in [-0.2, 0) is 17.7 Å². The van der Waals surface area contributed by atoms with Crippen molar-refractivity contribution in [3.63, 3.8) is 0 Å². The lowest BCUT2D eigenvalue weighted by atomic mass is 10.1. The van der Waals surface area contributed by atoms with Crippen molar-refractivity contribution in [1.29, 1.82) is 0 Å². The van der Waals surface area contributed by atoms with Crippen molar-refractivity contribution in [3.05, 3.63) is 72.7 Å². The Labute approximate surface area is 179 Å². The standard InChI is InChI=1S/C24H25N4OS/c1-30(29)22-6-4-5-20(13-22)23-15-26-28-17-21(14-25-24(23)28)19-9-7-18(8-10-19)16-27-11-2-3-12-27/h4-10,13-15,17,29H,2-3,11-12,16H2,1H3/q+1. The second-order valence-electron chi connectivity index (χ2n) is 7.86. The summed E-state index contributed by atoms with van der Waals surface area (Å²) in [5, 5.41) is 4.53. The van der Waals surface area contributed by atoms with Crippen molar-refractivity contribution in [2.24, 2.45) is 0 Å². The third-order valence-corrected chi connectivity index (χ3v) is 6.67. The fourth-order valence-electron chi connectivity index (χ4n) is 4.08. The highest BCUT2D eigenvalue weighted by Crippen LogP contribution is 2.27. The number of hydrogen-bond acceptors (Lipinski definition) is 4. The van der Waals surface area contributed by atoms with Gasteiger partial charge in [-0.2, -0.15) is 9.65 Å². The lowest BCUT2D eigenvalue weighted by Crippen LogP contribution is -2.18. The van der Waals surface area contributed by atoms with Crippen LogP contribution in [0.5, 0.6) is 0 Å². The molecule has 0 aliphatic carbocycles. The summed E-state index contributed by atoms with van der Waals surface area (Å²) in [5.41, 5.74) is 6.34. The van der Waals surface area contributed by atoms with Gasteiger partial charge in [-0.15, -0.1) is 0 Å². The lowest BCUT2D eigenvalue weighted by Gasteiger charge is -2.14. The molecule has 0 spiro atoms. The fourth-order valence-corrected chi connectivity index (χ4v) is 4.65. The summed E-state index contributed by atoms with van der Waals surface area (Å²) in [6, 6.07) is 16.7. The van der Waals surface area contributed by atoms with Crippen LogP contribution in [0.15, 0.2) is 72.0 Å². The molecule has 0 amide bonds. The highest BCUT2D eigenvalue weighted by Gasteiger charge is 2.16. The fraction of sp³-hybridized carbons (Fsp3) is 0.250. The summed E-state index contributed by atoms with van der Waals surface area (Å²) in [7, 11) is 0. The maximum Gasteiger partial charge on any atom is 0.190 e. The molecule has 1 aliphatic rings. The first-order valence-corrected chi connectivity index (χ1v) is 11.9. The van der Waals surface area contributed by atoms with Crippen molar-refractivity contribution >= 4 is 16.8 Å². The van der Waals surface area contributed by atoms with Gasteiger partial charge in [0.05, 0.1) is 6.20 Å². The van der Waals surface area contributed by atoms with E-state index >= 15 is 0 Å². The van der Waals surface area contributed by atoms with Crippen LogP contribution in [0.25, 0.3) is 27.9 Å². The Morgan fingerprint density at radius 1 is 0.967 bits per heavy atom. The van der Waals surface area contributed by atoms with E-state index in [4.69, 9.17) is 4.98 Å². The van der Waals surface area contributed by atoms with Crippen LogP contribution in [0.3, 0.4) is 0 Å². The first kappa shape index (κ1) is 19.3. The Morgan fingerprint density at radius 2 is 1.77 bits per heavy atom. The Bertz CT molecular complexity index is 1160. The smallest absolute Gasteiger partial charge is 0.190 e. The molecule has 1 atom stereocenters. The number of nitrogens with zero attached hydrogens (tertiary/aromatic N) is 4. The minimum Gasteiger partial charge on any atom is -0.299 e. The Morgan fingerprint density at radius 3 is 2.53 bits per heavy atom. The van der Waals surface area contributed by atoms with Gasteiger partial charge in [-0.3, -0.25) is 4.90 Å². The topological polar surface area (TPSA) is 53.7 Å². The molecule has 4 aromatic rings. The molecule has 0 saturated carbocycles. The molecule has 0 radical (unpaired) electrons. The number of aromatic nitrogens is 3. The molecule has 2 aromatic carbocycles. The summed E-state index contributed by atoms with van der Waals surface area (Å²) in [6.45, 7) is 3.46. The predicted octanol–water partition coefficient (Wildman–Crippen LogP) is 4.74. The van der Waals surface area contributed by atoms with E-state index in [9.17, 15) is 4.55 Å². The number of likely N-dealkylation sites (tertiary alicyclic amines) is 1. The Hall–Kier alpha value is -2.67. The molecule has 3 heterocycles. The van der Waals surface area contributed by atoms with E-state index in [2.05, 4.69) is 34.3 Å². The van der Waals surface area contributed by atoms with Gasteiger partial charge in [0.2, 0.25) is 0 Å². The molecule has 2 aromatic heterocycles. The van der Waals surface area contributed by atoms with E-state index in [1.165, 1.54) is 31.5 Å². The van der Waals surface area contributed by atoms with Crippen LogP contribution in [0.1, 0.15) is 18.4 Å². The van der Waals surface area contributed by atoms with E-state index in [0.717, 1.165) is 39.3 Å². The highest BCUT2D eigenvalue weighted by atomic mass is 32.2. The molecule has 1 aliphatic heterocycles. The molecule has 5 rings (SSSR count). The molecule has 1 fully saturated rings. The maximum absolute atomic E-state index is 9.91. The monoisotopic (exact) mass is 417 g/mol. The van der Waals surface area contributed by atoms with Crippen molar-refractivity contribution in [2.45, 2.75) is 24.3 Å². The number of hydrogen-bond donors (Lipinski definition) is 1. The van der Waals surface area contributed by atoms with Gasteiger partial charge in [-0.25, -0.2) is 9.50 Å². The minimum absolute atomic E-state index is 0.768. The molecular formula is C24H25N4OS+. The Balaban J connectivity index is 1.41. The zero-order valence-electron chi connectivity index (χ0n) is 17.0. The molecule has 6 heteroatoms. The van der Waals surface area contributed by atoms with Gasteiger partial charge < -0.3 is 0 Å². The molecule has 1 saturated heterocycles. The van der Waals surface area contributed by atoms with E-state index in [1.54, 1.807) is 6.26 Å². The molecule has 5 nitrogen and oxygen atoms in total. The summed E-state index contributed by atoms with van der Waals surface area (Å²) in [5.74, 6) is 0. The number of fused-ring (bicyclic) bond motifs is 1. The normalized spacial score (nSPS) is 15.7. The summed E-state index contributed by atoms with van der Waals surface area (Å²) in [6.07, 6.45) is 10.2. The van der Waals surface area contributed by atoms with Gasteiger partial charge in [-0.05, 0) is 48.7 Å². The van der Waals surface area contributed by atoms with Crippen molar-refractivity contribution < 1.29 is 4.55 Å². The minimum atomic E-state index is -0.768. The quantitative estimate of drug-likeness (QED) is 0.477. The molecule has 152 valence electrons. The van der Waals surface area contributed by atoms with Crippen LogP contribution >= 0.6 is 0 Å². The average Bonchev–Trinajstić information content (AvgIpc) is 3.43. The summed E-state index contributed by atoms with van der Waals surface area (Å²) in [4.78, 5) is 8.14. The lowest BCUT2D eigenvalue weighted by molar-refractivity contribution is 0.331. The summed E-state index contributed by atoms with van der Waals surface area (Å²) < 4.78 is 11.7. The molecule has 1 unspecified atom stereocenters. The molecule has 30 heavy (non-hydrogen) atoms. The first-order chi connectivity index (χ1) is 14.7. The third kappa shape index (κ3) is 3.86. The predicted molar refractivity (Wildman–Crippen MR) is 123 cm³/mol. The number of rotatable bonds is 5. The number of benzene rings is 2. The third-order valence-electron chi connectivity index (χ3n) is 5.73. The Kier molecular flexibility index (Phi) is 5.29. The van der Waals surface area contributed by atoms with Crippen molar-refractivity contribution in [2.75, 3.05) is 19.3 Å². The molecular weight excluding hydrogens is 392 g/mol. The van der Waals surface area contributed by atoms with Gasteiger partial charge >= 0.3 is 0 Å². The van der Waals surface area contributed by atoms with Crippen molar-refractivity contribution in [1.82, 2.24) is 19.5 Å².